The largest absolute Gasteiger partial charge is 0.497 e. The monoisotopic (exact) mass is 328 g/mol. The zero-order chi connectivity index (χ0) is 17.5. The second-order valence-electron chi connectivity index (χ2n) is 4.98. The highest BCUT2D eigenvalue weighted by Crippen LogP contribution is 2.20. The molecule has 0 spiro atoms. The molecule has 2 amide bonds. The van der Waals surface area contributed by atoms with Crippen LogP contribution in [-0.4, -0.2) is 18.9 Å². The highest BCUT2D eigenvalue weighted by Gasteiger charge is 2.06. The third-order valence-electron chi connectivity index (χ3n) is 3.07. The second-order valence-corrected chi connectivity index (χ2v) is 4.98. The van der Waals surface area contributed by atoms with Crippen LogP contribution in [0.5, 0.6) is 5.75 Å². The van der Waals surface area contributed by atoms with E-state index in [1.807, 2.05) is 12.1 Å². The number of carbonyl (C=O) groups excluding carboxylic acids is 2. The van der Waals surface area contributed by atoms with Gasteiger partial charge in [0.15, 0.2) is 0 Å². The molecule has 6 heteroatoms. The fraction of sp³-hybridized carbons (Fsp3) is 0.111. The highest BCUT2D eigenvalue weighted by atomic mass is 19.1. The van der Waals surface area contributed by atoms with Crippen molar-refractivity contribution in [3.63, 3.8) is 0 Å². The van der Waals surface area contributed by atoms with Crippen LogP contribution in [0.1, 0.15) is 12.5 Å². The standard InChI is InChI=1S/C18H17FN2O3/c1-12(22)20-17-11-14(7-8-16(17)19)21-18(23)9-6-13-4-3-5-15(10-13)24-2/h3-11H,1-2H3,(H,20,22)(H,21,23)/b9-6+. The van der Waals surface area contributed by atoms with Gasteiger partial charge in [-0.3, -0.25) is 9.59 Å². The molecule has 2 N–H and O–H groups in total. The van der Waals surface area contributed by atoms with Gasteiger partial charge in [0.05, 0.1) is 12.8 Å². The number of benzene rings is 2. The molecule has 0 radical (unpaired) electrons. The van der Waals surface area contributed by atoms with E-state index >= 15 is 0 Å². The van der Waals surface area contributed by atoms with Gasteiger partial charge in [0, 0.05) is 18.7 Å². The van der Waals surface area contributed by atoms with Gasteiger partial charge in [-0.2, -0.15) is 0 Å². The Labute approximate surface area is 139 Å². The lowest BCUT2D eigenvalue weighted by atomic mass is 10.2. The lowest BCUT2D eigenvalue weighted by Gasteiger charge is -2.07. The second kappa shape index (κ2) is 7.92. The number of amides is 2. The summed E-state index contributed by atoms with van der Waals surface area (Å²) in [5, 5.41) is 4.97. The predicted octanol–water partition coefficient (Wildman–Crippen LogP) is 3.44. The van der Waals surface area contributed by atoms with E-state index in [2.05, 4.69) is 10.6 Å². The van der Waals surface area contributed by atoms with E-state index in [1.54, 1.807) is 25.3 Å². The van der Waals surface area contributed by atoms with Crippen LogP contribution >= 0.6 is 0 Å². The van der Waals surface area contributed by atoms with E-state index in [0.29, 0.717) is 11.4 Å². The maximum absolute atomic E-state index is 13.6. The minimum atomic E-state index is -0.574. The van der Waals surface area contributed by atoms with Crippen LogP contribution in [0, 0.1) is 5.82 Å². The van der Waals surface area contributed by atoms with Crippen LogP contribution < -0.4 is 15.4 Å². The van der Waals surface area contributed by atoms with Gasteiger partial charge in [-0.1, -0.05) is 12.1 Å². The van der Waals surface area contributed by atoms with E-state index in [1.165, 1.54) is 31.2 Å². The minimum Gasteiger partial charge on any atom is -0.497 e. The van der Waals surface area contributed by atoms with Gasteiger partial charge in [-0.05, 0) is 42.0 Å². The summed E-state index contributed by atoms with van der Waals surface area (Å²) >= 11 is 0. The van der Waals surface area contributed by atoms with E-state index < -0.39 is 11.7 Å². The average Bonchev–Trinajstić information content (AvgIpc) is 2.56. The molecular formula is C18H17FN2O3. The molecule has 0 heterocycles. The number of rotatable bonds is 5. The maximum atomic E-state index is 13.6. The summed E-state index contributed by atoms with van der Waals surface area (Å²) in [5.74, 6) is -0.653. The number of hydrogen-bond acceptors (Lipinski definition) is 3. The van der Waals surface area contributed by atoms with Gasteiger partial charge in [-0.25, -0.2) is 4.39 Å². The van der Waals surface area contributed by atoms with Gasteiger partial charge in [0.2, 0.25) is 11.8 Å². The summed E-state index contributed by atoms with van der Waals surface area (Å²) < 4.78 is 18.7. The normalized spacial score (nSPS) is 10.5. The molecule has 0 aliphatic rings. The van der Waals surface area contributed by atoms with Gasteiger partial charge in [-0.15, -0.1) is 0 Å². The Morgan fingerprint density at radius 1 is 1.12 bits per heavy atom. The molecule has 0 unspecified atom stereocenters. The quantitative estimate of drug-likeness (QED) is 0.826. The van der Waals surface area contributed by atoms with Crippen LogP contribution in [0.4, 0.5) is 15.8 Å². The summed E-state index contributed by atoms with van der Waals surface area (Å²) in [5.41, 5.74) is 1.19. The molecule has 0 aliphatic heterocycles. The number of methoxy groups -OCH3 is 1. The molecule has 0 saturated carbocycles. The first-order chi connectivity index (χ1) is 11.5. The Hall–Kier alpha value is -3.15. The first kappa shape index (κ1) is 17.2. The topological polar surface area (TPSA) is 67.4 Å². The molecule has 2 aromatic carbocycles. The summed E-state index contributed by atoms with van der Waals surface area (Å²) in [7, 11) is 1.57. The molecule has 0 aliphatic carbocycles. The Bertz CT molecular complexity index is 788. The Kier molecular flexibility index (Phi) is 5.68. The first-order valence-electron chi connectivity index (χ1n) is 7.18. The van der Waals surface area contributed by atoms with Crippen LogP contribution in [0.3, 0.4) is 0 Å². The van der Waals surface area contributed by atoms with Crippen molar-refractivity contribution in [1.29, 1.82) is 0 Å². The van der Waals surface area contributed by atoms with Crippen molar-refractivity contribution >= 4 is 29.3 Å². The van der Waals surface area contributed by atoms with Crippen LogP contribution in [0.2, 0.25) is 0 Å². The molecule has 5 nitrogen and oxygen atoms in total. The van der Waals surface area contributed by atoms with Crippen molar-refractivity contribution in [1.82, 2.24) is 0 Å². The summed E-state index contributed by atoms with van der Waals surface area (Å²) in [6.07, 6.45) is 2.99. The van der Waals surface area contributed by atoms with E-state index in [-0.39, 0.29) is 11.6 Å². The zero-order valence-electron chi connectivity index (χ0n) is 13.3. The van der Waals surface area contributed by atoms with Crippen molar-refractivity contribution in [2.24, 2.45) is 0 Å². The average molecular weight is 328 g/mol. The zero-order valence-corrected chi connectivity index (χ0v) is 13.3. The third kappa shape index (κ3) is 4.95. The Morgan fingerprint density at radius 3 is 2.62 bits per heavy atom. The molecule has 2 aromatic rings. The van der Waals surface area contributed by atoms with E-state index in [0.717, 1.165) is 5.56 Å². The molecule has 24 heavy (non-hydrogen) atoms. The van der Waals surface area contributed by atoms with E-state index in [4.69, 9.17) is 4.74 Å². The van der Waals surface area contributed by atoms with E-state index in [9.17, 15) is 14.0 Å². The fourth-order valence-corrected chi connectivity index (χ4v) is 1.99. The summed E-state index contributed by atoms with van der Waals surface area (Å²) in [6.45, 7) is 1.28. The molecule has 0 atom stereocenters. The first-order valence-corrected chi connectivity index (χ1v) is 7.18. The fourth-order valence-electron chi connectivity index (χ4n) is 1.99. The van der Waals surface area contributed by atoms with Gasteiger partial charge < -0.3 is 15.4 Å². The van der Waals surface area contributed by atoms with Crippen LogP contribution in [0.15, 0.2) is 48.5 Å². The molecule has 124 valence electrons. The number of carbonyl (C=O) groups is 2. The molecule has 2 rings (SSSR count). The molecule has 0 aromatic heterocycles. The SMILES string of the molecule is COc1cccc(/C=C/C(=O)Nc2ccc(F)c(NC(C)=O)c2)c1. The lowest BCUT2D eigenvalue weighted by molar-refractivity contribution is -0.114. The molecular weight excluding hydrogens is 311 g/mol. The maximum Gasteiger partial charge on any atom is 0.248 e. The van der Waals surface area contributed by atoms with Crippen molar-refractivity contribution in [2.75, 3.05) is 17.7 Å². The predicted molar refractivity (Wildman–Crippen MR) is 91.4 cm³/mol. The summed E-state index contributed by atoms with van der Waals surface area (Å²) in [6, 6.07) is 11.2. The van der Waals surface area contributed by atoms with Gasteiger partial charge in [0.25, 0.3) is 0 Å². The summed E-state index contributed by atoms with van der Waals surface area (Å²) in [4.78, 5) is 23.0. The van der Waals surface area contributed by atoms with Gasteiger partial charge >= 0.3 is 0 Å². The highest BCUT2D eigenvalue weighted by molar-refractivity contribution is 6.02. The molecule has 0 fully saturated rings. The van der Waals surface area contributed by atoms with Crippen molar-refractivity contribution in [3.05, 3.63) is 59.9 Å². The Balaban J connectivity index is 2.06. The van der Waals surface area contributed by atoms with Crippen molar-refractivity contribution in [2.45, 2.75) is 6.92 Å². The third-order valence-corrected chi connectivity index (χ3v) is 3.07. The number of ether oxygens (including phenoxy) is 1. The number of anilines is 2. The Morgan fingerprint density at radius 2 is 1.92 bits per heavy atom. The minimum absolute atomic E-state index is 0.0112. The molecule has 0 saturated heterocycles. The number of halogens is 1. The van der Waals surface area contributed by atoms with Gasteiger partial charge in [0.1, 0.15) is 11.6 Å². The van der Waals surface area contributed by atoms with Crippen LogP contribution in [-0.2, 0) is 9.59 Å². The van der Waals surface area contributed by atoms with Crippen molar-refractivity contribution < 1.29 is 18.7 Å². The lowest BCUT2D eigenvalue weighted by Crippen LogP contribution is -2.10. The number of hydrogen-bond donors (Lipinski definition) is 2. The molecule has 0 bridgehead atoms. The van der Waals surface area contributed by atoms with Crippen molar-refractivity contribution in [3.8, 4) is 5.75 Å². The van der Waals surface area contributed by atoms with Crippen LogP contribution in [0.25, 0.3) is 6.08 Å². The smallest absolute Gasteiger partial charge is 0.248 e. The number of nitrogens with one attached hydrogen (secondary N) is 2.